The van der Waals surface area contributed by atoms with Crippen molar-refractivity contribution < 1.29 is 0 Å². The molecule has 0 amide bonds. The van der Waals surface area contributed by atoms with Gasteiger partial charge in [-0.05, 0) is 43.2 Å². The summed E-state index contributed by atoms with van der Waals surface area (Å²) in [6, 6.07) is 9.09. The van der Waals surface area contributed by atoms with Gasteiger partial charge in [-0.2, -0.15) is 0 Å². The lowest BCUT2D eigenvalue weighted by Crippen LogP contribution is -2.38. The lowest BCUT2D eigenvalue weighted by atomic mass is 9.76. The van der Waals surface area contributed by atoms with Crippen molar-refractivity contribution in [3.63, 3.8) is 0 Å². The van der Waals surface area contributed by atoms with Crippen molar-refractivity contribution in [1.29, 1.82) is 0 Å². The molecule has 1 aromatic rings. The first-order chi connectivity index (χ1) is 9.15. The Hall–Kier alpha value is -1.22. The SMILES string of the molecule is CN(C(N)=NC1CC(c2ccccc2Cl)C1)C1CC1. The van der Waals surface area contributed by atoms with E-state index in [2.05, 4.69) is 16.0 Å². The average molecular weight is 278 g/mol. The summed E-state index contributed by atoms with van der Waals surface area (Å²) >= 11 is 6.22. The molecule has 0 saturated heterocycles. The van der Waals surface area contributed by atoms with Gasteiger partial charge in [0.2, 0.25) is 0 Å². The Morgan fingerprint density at radius 2 is 2.00 bits per heavy atom. The van der Waals surface area contributed by atoms with E-state index in [1.165, 1.54) is 18.4 Å². The number of hydrogen-bond donors (Lipinski definition) is 1. The Bertz CT molecular complexity index is 490. The summed E-state index contributed by atoms with van der Waals surface area (Å²) in [7, 11) is 2.04. The number of halogens is 1. The summed E-state index contributed by atoms with van der Waals surface area (Å²) in [6.45, 7) is 0. The molecule has 1 aromatic carbocycles. The van der Waals surface area contributed by atoms with Gasteiger partial charge in [-0.15, -0.1) is 0 Å². The zero-order valence-corrected chi connectivity index (χ0v) is 12.0. The van der Waals surface area contributed by atoms with Gasteiger partial charge < -0.3 is 10.6 Å². The highest BCUT2D eigenvalue weighted by atomic mass is 35.5. The van der Waals surface area contributed by atoms with Gasteiger partial charge >= 0.3 is 0 Å². The maximum Gasteiger partial charge on any atom is 0.191 e. The molecular formula is C15H20ClN3. The summed E-state index contributed by atoms with van der Waals surface area (Å²) < 4.78 is 0. The average Bonchev–Trinajstić information content (AvgIpc) is 3.17. The normalized spacial score (nSPS) is 26.9. The smallest absolute Gasteiger partial charge is 0.191 e. The monoisotopic (exact) mass is 277 g/mol. The minimum atomic E-state index is 0.363. The van der Waals surface area contributed by atoms with E-state index in [1.807, 2.05) is 25.2 Å². The number of guanidine groups is 1. The van der Waals surface area contributed by atoms with E-state index in [-0.39, 0.29) is 0 Å². The van der Waals surface area contributed by atoms with Crippen LogP contribution in [0.5, 0.6) is 0 Å². The molecule has 0 heterocycles. The molecule has 2 aliphatic rings. The molecule has 2 aliphatic carbocycles. The van der Waals surface area contributed by atoms with Crippen LogP contribution in [0.3, 0.4) is 0 Å². The molecule has 0 bridgehead atoms. The molecule has 3 nitrogen and oxygen atoms in total. The highest BCUT2D eigenvalue weighted by molar-refractivity contribution is 6.31. The van der Waals surface area contributed by atoms with E-state index in [4.69, 9.17) is 17.3 Å². The van der Waals surface area contributed by atoms with Gasteiger partial charge in [0.15, 0.2) is 5.96 Å². The fraction of sp³-hybridized carbons (Fsp3) is 0.533. The number of aliphatic imine (C=N–C) groups is 1. The summed E-state index contributed by atoms with van der Waals surface area (Å²) in [4.78, 5) is 6.74. The Kier molecular flexibility index (Phi) is 3.40. The summed E-state index contributed by atoms with van der Waals surface area (Å²) in [5.41, 5.74) is 7.29. The molecule has 0 spiro atoms. The molecule has 4 heteroatoms. The van der Waals surface area contributed by atoms with Crippen molar-refractivity contribution >= 4 is 17.6 Å². The van der Waals surface area contributed by atoms with Gasteiger partial charge in [-0.1, -0.05) is 29.8 Å². The highest BCUT2D eigenvalue weighted by Gasteiger charge is 2.33. The van der Waals surface area contributed by atoms with Crippen LogP contribution >= 0.6 is 11.6 Å². The maximum atomic E-state index is 6.22. The van der Waals surface area contributed by atoms with E-state index in [9.17, 15) is 0 Å². The molecule has 19 heavy (non-hydrogen) atoms. The molecule has 0 aromatic heterocycles. The molecular weight excluding hydrogens is 258 g/mol. The Balaban J connectivity index is 1.58. The summed E-state index contributed by atoms with van der Waals surface area (Å²) in [5, 5.41) is 0.873. The molecule has 3 rings (SSSR count). The molecule has 2 N–H and O–H groups in total. The van der Waals surface area contributed by atoms with Crippen molar-refractivity contribution in [2.24, 2.45) is 10.7 Å². The van der Waals surface area contributed by atoms with Crippen LogP contribution in [0.1, 0.15) is 37.2 Å². The van der Waals surface area contributed by atoms with Crippen LogP contribution in [0, 0.1) is 0 Å². The van der Waals surface area contributed by atoms with Crippen LogP contribution < -0.4 is 5.73 Å². The molecule has 0 unspecified atom stereocenters. The lowest BCUT2D eigenvalue weighted by molar-refractivity contribution is 0.347. The van der Waals surface area contributed by atoms with Crippen molar-refractivity contribution in [1.82, 2.24) is 4.90 Å². The number of benzene rings is 1. The van der Waals surface area contributed by atoms with Crippen LogP contribution in [0.4, 0.5) is 0 Å². The molecule has 0 radical (unpaired) electrons. The van der Waals surface area contributed by atoms with Gasteiger partial charge in [0.25, 0.3) is 0 Å². The minimum Gasteiger partial charge on any atom is -0.370 e. The second-order valence-electron chi connectivity index (χ2n) is 5.67. The second kappa shape index (κ2) is 5.04. The maximum absolute atomic E-state index is 6.22. The number of hydrogen-bond acceptors (Lipinski definition) is 1. The Morgan fingerprint density at radius 1 is 1.32 bits per heavy atom. The van der Waals surface area contributed by atoms with Gasteiger partial charge in [0.1, 0.15) is 0 Å². The fourth-order valence-corrected chi connectivity index (χ4v) is 2.97. The molecule has 2 saturated carbocycles. The van der Waals surface area contributed by atoms with Crippen LogP contribution in [0.15, 0.2) is 29.3 Å². The lowest BCUT2D eigenvalue weighted by Gasteiger charge is -2.34. The fourth-order valence-electron chi connectivity index (χ4n) is 2.68. The molecule has 0 aliphatic heterocycles. The zero-order valence-electron chi connectivity index (χ0n) is 11.2. The zero-order chi connectivity index (χ0) is 13.4. The van der Waals surface area contributed by atoms with Crippen molar-refractivity contribution in [2.75, 3.05) is 7.05 Å². The van der Waals surface area contributed by atoms with E-state index in [1.54, 1.807) is 0 Å². The molecule has 2 fully saturated rings. The van der Waals surface area contributed by atoms with E-state index >= 15 is 0 Å². The van der Waals surface area contributed by atoms with Crippen LogP contribution in [0.2, 0.25) is 5.02 Å². The number of nitrogens with zero attached hydrogens (tertiary/aromatic N) is 2. The first-order valence-electron chi connectivity index (χ1n) is 6.95. The first kappa shape index (κ1) is 12.8. The van der Waals surface area contributed by atoms with Crippen LogP contribution in [-0.2, 0) is 0 Å². The number of nitrogens with two attached hydrogens (primary N) is 1. The van der Waals surface area contributed by atoms with Crippen LogP contribution in [0.25, 0.3) is 0 Å². The van der Waals surface area contributed by atoms with E-state index in [0.29, 0.717) is 24.0 Å². The standard InChI is InChI=1S/C15H20ClN3/c1-19(12-6-7-12)15(17)18-11-8-10(9-11)13-4-2-3-5-14(13)16/h2-5,10-12H,6-9H2,1H3,(H2,17,18). The van der Waals surface area contributed by atoms with E-state index in [0.717, 1.165) is 17.9 Å². The first-order valence-corrected chi connectivity index (χ1v) is 7.33. The third-order valence-electron chi connectivity index (χ3n) is 4.23. The van der Waals surface area contributed by atoms with E-state index < -0.39 is 0 Å². The van der Waals surface area contributed by atoms with Crippen molar-refractivity contribution in [3.8, 4) is 0 Å². The predicted octanol–water partition coefficient (Wildman–Crippen LogP) is 2.99. The summed E-state index contributed by atoms with van der Waals surface area (Å²) in [6.07, 6.45) is 4.62. The minimum absolute atomic E-state index is 0.363. The Morgan fingerprint density at radius 3 is 2.63 bits per heavy atom. The van der Waals surface area contributed by atoms with Crippen LogP contribution in [-0.4, -0.2) is 30.0 Å². The second-order valence-corrected chi connectivity index (χ2v) is 6.08. The highest BCUT2D eigenvalue weighted by Crippen LogP contribution is 2.41. The molecule has 0 atom stereocenters. The molecule has 102 valence electrons. The predicted molar refractivity (Wildman–Crippen MR) is 79.6 cm³/mol. The Labute approximate surface area is 119 Å². The third kappa shape index (κ3) is 2.71. The quantitative estimate of drug-likeness (QED) is 0.682. The summed E-state index contributed by atoms with van der Waals surface area (Å²) in [5.74, 6) is 1.24. The third-order valence-corrected chi connectivity index (χ3v) is 4.57. The van der Waals surface area contributed by atoms with Gasteiger partial charge in [-0.25, -0.2) is 4.99 Å². The van der Waals surface area contributed by atoms with Gasteiger partial charge in [0.05, 0.1) is 6.04 Å². The van der Waals surface area contributed by atoms with Gasteiger partial charge in [-0.3, -0.25) is 0 Å². The largest absolute Gasteiger partial charge is 0.370 e. The van der Waals surface area contributed by atoms with Crippen molar-refractivity contribution in [2.45, 2.75) is 43.7 Å². The van der Waals surface area contributed by atoms with Gasteiger partial charge in [0, 0.05) is 18.1 Å². The van der Waals surface area contributed by atoms with Crippen molar-refractivity contribution in [3.05, 3.63) is 34.9 Å². The topological polar surface area (TPSA) is 41.6 Å². The number of rotatable bonds is 3.